The van der Waals surface area contributed by atoms with E-state index in [1.165, 1.54) is 0 Å². The molecule has 2 aromatic carbocycles. The molecule has 0 fully saturated rings. The lowest BCUT2D eigenvalue weighted by molar-refractivity contribution is 0.0153. The molecule has 122 valence electrons. The fourth-order valence-electron chi connectivity index (χ4n) is 2.37. The van der Waals surface area contributed by atoms with Gasteiger partial charge in [-0.25, -0.2) is 4.79 Å². The van der Waals surface area contributed by atoms with E-state index in [9.17, 15) is 4.79 Å². The number of rotatable bonds is 4. The smallest absolute Gasteiger partial charge is 0.411 e. The largest absolute Gasteiger partial charge is 0.444 e. The van der Waals surface area contributed by atoms with Gasteiger partial charge in [0.15, 0.2) is 0 Å². The van der Waals surface area contributed by atoms with Crippen molar-refractivity contribution >= 4 is 6.09 Å². The van der Waals surface area contributed by atoms with E-state index in [0.717, 1.165) is 11.1 Å². The van der Waals surface area contributed by atoms with Crippen LogP contribution >= 0.6 is 0 Å². The zero-order chi connectivity index (χ0) is 16.9. The summed E-state index contributed by atoms with van der Waals surface area (Å²) in [5, 5.41) is 0. The van der Waals surface area contributed by atoms with E-state index < -0.39 is 5.60 Å². The van der Waals surface area contributed by atoms with Crippen LogP contribution in [-0.2, 0) is 11.3 Å². The maximum atomic E-state index is 12.7. The maximum Gasteiger partial charge on any atom is 0.411 e. The van der Waals surface area contributed by atoms with Gasteiger partial charge >= 0.3 is 6.09 Å². The van der Waals surface area contributed by atoms with Crippen LogP contribution < -0.4 is 0 Å². The Morgan fingerprint density at radius 2 is 1.52 bits per heavy atom. The molecule has 3 heteroatoms. The Labute approximate surface area is 138 Å². The molecule has 1 amide bonds. The predicted octanol–water partition coefficient (Wildman–Crippen LogP) is 5.18. The minimum absolute atomic E-state index is 0.0637. The van der Waals surface area contributed by atoms with Crippen molar-refractivity contribution < 1.29 is 9.53 Å². The van der Waals surface area contributed by atoms with Crippen molar-refractivity contribution in [2.75, 3.05) is 0 Å². The molecule has 0 bridgehead atoms. The van der Waals surface area contributed by atoms with Gasteiger partial charge < -0.3 is 4.74 Å². The van der Waals surface area contributed by atoms with E-state index >= 15 is 0 Å². The van der Waals surface area contributed by atoms with E-state index in [0.29, 0.717) is 6.54 Å². The second-order valence-corrected chi connectivity index (χ2v) is 6.68. The Bertz CT molecular complexity index is 617. The van der Waals surface area contributed by atoms with Crippen molar-refractivity contribution in [3.05, 3.63) is 71.8 Å². The van der Waals surface area contributed by atoms with Crippen molar-refractivity contribution in [3.63, 3.8) is 0 Å². The normalized spacial score (nSPS) is 12.5. The number of benzene rings is 2. The van der Waals surface area contributed by atoms with Gasteiger partial charge in [0.25, 0.3) is 0 Å². The quantitative estimate of drug-likeness (QED) is 0.778. The molecule has 0 heterocycles. The lowest BCUT2D eigenvalue weighted by atomic mass is 10.1. The Kier molecular flexibility index (Phi) is 5.43. The molecule has 0 N–H and O–H groups in total. The Morgan fingerprint density at radius 3 is 2.04 bits per heavy atom. The molecule has 0 saturated heterocycles. The molecule has 0 aliphatic carbocycles. The molecule has 0 unspecified atom stereocenters. The monoisotopic (exact) mass is 311 g/mol. The van der Waals surface area contributed by atoms with Gasteiger partial charge in [-0.05, 0) is 38.8 Å². The highest BCUT2D eigenvalue weighted by atomic mass is 16.6. The first-order valence-corrected chi connectivity index (χ1v) is 7.95. The van der Waals surface area contributed by atoms with Gasteiger partial charge in [0, 0.05) is 6.54 Å². The molecule has 0 aromatic heterocycles. The topological polar surface area (TPSA) is 29.5 Å². The summed E-state index contributed by atoms with van der Waals surface area (Å²) in [5.74, 6) is 0. The number of hydrogen-bond donors (Lipinski definition) is 0. The van der Waals surface area contributed by atoms with E-state index in [4.69, 9.17) is 4.74 Å². The first-order valence-electron chi connectivity index (χ1n) is 7.95. The van der Waals surface area contributed by atoms with Crippen molar-refractivity contribution in [3.8, 4) is 0 Å². The predicted molar refractivity (Wildman–Crippen MR) is 93.1 cm³/mol. The molecular formula is C20H25NO2. The minimum Gasteiger partial charge on any atom is -0.444 e. The highest BCUT2D eigenvalue weighted by Gasteiger charge is 2.26. The zero-order valence-corrected chi connectivity index (χ0v) is 14.3. The maximum absolute atomic E-state index is 12.7. The average molecular weight is 311 g/mol. The van der Waals surface area contributed by atoms with Gasteiger partial charge in [0.2, 0.25) is 0 Å². The van der Waals surface area contributed by atoms with Crippen LogP contribution in [0.25, 0.3) is 0 Å². The molecule has 3 nitrogen and oxygen atoms in total. The second-order valence-electron chi connectivity index (χ2n) is 6.68. The third kappa shape index (κ3) is 5.13. The summed E-state index contributed by atoms with van der Waals surface area (Å²) in [4.78, 5) is 14.5. The molecule has 0 aliphatic rings. The number of nitrogens with zero attached hydrogens (tertiary/aromatic N) is 1. The van der Waals surface area contributed by atoms with Gasteiger partial charge in [0.05, 0.1) is 6.04 Å². The molecule has 0 saturated carbocycles. The fraction of sp³-hybridized carbons (Fsp3) is 0.350. The molecule has 0 aliphatic heterocycles. The van der Waals surface area contributed by atoms with Gasteiger partial charge in [-0.2, -0.15) is 0 Å². The summed E-state index contributed by atoms with van der Waals surface area (Å²) in [6.07, 6.45) is -0.294. The van der Waals surface area contributed by atoms with Crippen molar-refractivity contribution in [1.29, 1.82) is 0 Å². The van der Waals surface area contributed by atoms with Crippen LogP contribution in [0.3, 0.4) is 0 Å². The molecule has 0 spiro atoms. The average Bonchev–Trinajstić information content (AvgIpc) is 2.52. The standard InChI is InChI=1S/C20H25NO2/c1-16(18-13-9-6-10-14-18)21(19(22)23-20(2,3)4)15-17-11-7-5-8-12-17/h5-14,16H,15H2,1-4H3/t16-/m0/s1. The molecule has 2 rings (SSSR count). The van der Waals surface area contributed by atoms with E-state index in [1.807, 2.05) is 88.4 Å². The van der Waals surface area contributed by atoms with Crippen LogP contribution in [0.5, 0.6) is 0 Å². The summed E-state index contributed by atoms with van der Waals surface area (Å²) < 4.78 is 5.60. The first-order chi connectivity index (χ1) is 10.9. The second kappa shape index (κ2) is 7.32. The number of ether oxygens (including phenoxy) is 1. The van der Waals surface area contributed by atoms with Crippen LogP contribution in [-0.4, -0.2) is 16.6 Å². The summed E-state index contributed by atoms with van der Waals surface area (Å²) in [6, 6.07) is 19.9. The Hall–Kier alpha value is -2.29. The third-order valence-corrected chi connectivity index (χ3v) is 3.57. The lowest BCUT2D eigenvalue weighted by Gasteiger charge is -2.32. The van der Waals surface area contributed by atoms with Gasteiger partial charge in [-0.1, -0.05) is 60.7 Å². The first kappa shape index (κ1) is 17.1. The fourth-order valence-corrected chi connectivity index (χ4v) is 2.37. The van der Waals surface area contributed by atoms with E-state index in [2.05, 4.69) is 0 Å². The van der Waals surface area contributed by atoms with Crippen LogP contribution in [0.2, 0.25) is 0 Å². The van der Waals surface area contributed by atoms with Crippen molar-refractivity contribution in [2.45, 2.75) is 45.9 Å². The van der Waals surface area contributed by atoms with Gasteiger partial charge in [0.1, 0.15) is 5.60 Å². The molecule has 2 aromatic rings. The third-order valence-electron chi connectivity index (χ3n) is 3.57. The van der Waals surface area contributed by atoms with Crippen LogP contribution in [0.4, 0.5) is 4.79 Å². The van der Waals surface area contributed by atoms with E-state index in [-0.39, 0.29) is 12.1 Å². The molecule has 1 atom stereocenters. The van der Waals surface area contributed by atoms with Crippen LogP contribution in [0, 0.1) is 0 Å². The van der Waals surface area contributed by atoms with Gasteiger partial charge in [-0.15, -0.1) is 0 Å². The van der Waals surface area contributed by atoms with Crippen LogP contribution in [0.15, 0.2) is 60.7 Å². The minimum atomic E-state index is -0.511. The summed E-state index contributed by atoms with van der Waals surface area (Å²) in [7, 11) is 0. The highest BCUT2D eigenvalue weighted by molar-refractivity contribution is 5.69. The summed E-state index contributed by atoms with van der Waals surface area (Å²) >= 11 is 0. The summed E-state index contributed by atoms with van der Waals surface area (Å²) in [5.41, 5.74) is 1.66. The Morgan fingerprint density at radius 1 is 1.00 bits per heavy atom. The Balaban J connectivity index is 2.25. The lowest BCUT2D eigenvalue weighted by Crippen LogP contribution is -2.38. The van der Waals surface area contributed by atoms with Crippen molar-refractivity contribution in [2.24, 2.45) is 0 Å². The number of amides is 1. The number of carbonyl (C=O) groups excluding carboxylic acids is 1. The SMILES string of the molecule is C[C@@H](c1ccccc1)N(Cc1ccccc1)C(=O)OC(C)(C)C. The molecular weight excluding hydrogens is 286 g/mol. The van der Waals surface area contributed by atoms with E-state index in [1.54, 1.807) is 4.90 Å². The number of carbonyl (C=O) groups is 1. The zero-order valence-electron chi connectivity index (χ0n) is 14.3. The number of hydrogen-bond acceptors (Lipinski definition) is 2. The summed E-state index contributed by atoms with van der Waals surface area (Å²) in [6.45, 7) is 8.21. The van der Waals surface area contributed by atoms with Crippen LogP contribution in [0.1, 0.15) is 44.9 Å². The molecule has 0 radical (unpaired) electrons. The molecule has 23 heavy (non-hydrogen) atoms. The highest BCUT2D eigenvalue weighted by Crippen LogP contribution is 2.24. The van der Waals surface area contributed by atoms with Gasteiger partial charge in [-0.3, -0.25) is 4.90 Å². The van der Waals surface area contributed by atoms with Crippen molar-refractivity contribution in [1.82, 2.24) is 4.90 Å².